The second-order valence-electron chi connectivity index (χ2n) is 5.45. The summed E-state index contributed by atoms with van der Waals surface area (Å²) in [6.45, 7) is 0. The van der Waals surface area contributed by atoms with Crippen LogP contribution < -0.4 is 20.9 Å². The summed E-state index contributed by atoms with van der Waals surface area (Å²) in [6.07, 6.45) is 5.45. The zero-order valence-corrected chi connectivity index (χ0v) is 13.6. The van der Waals surface area contributed by atoms with Gasteiger partial charge in [0.25, 0.3) is 0 Å². The van der Waals surface area contributed by atoms with E-state index in [1.807, 2.05) is 0 Å². The molecule has 0 atom stereocenters. The van der Waals surface area contributed by atoms with Gasteiger partial charge in [0.05, 0.1) is 11.4 Å². The lowest BCUT2D eigenvalue weighted by atomic mass is 10.2. The van der Waals surface area contributed by atoms with Gasteiger partial charge in [-0.25, -0.2) is 0 Å². The molecule has 0 aliphatic carbocycles. The molecule has 6 nitrogen and oxygen atoms in total. The van der Waals surface area contributed by atoms with Crippen LogP contribution >= 0.6 is 0 Å². The molecule has 0 bridgehead atoms. The van der Waals surface area contributed by atoms with E-state index < -0.39 is 0 Å². The zero-order valence-electron chi connectivity index (χ0n) is 13.6. The first kappa shape index (κ1) is 16.9. The van der Waals surface area contributed by atoms with Gasteiger partial charge < -0.3 is 31.2 Å². The summed E-state index contributed by atoms with van der Waals surface area (Å²) in [7, 11) is 0. The molecule has 0 aromatic heterocycles. The monoisotopic (exact) mass is 348 g/mol. The maximum atomic E-state index is 9.73. The Labute approximate surface area is 150 Å². The molecular weight excluding hydrogens is 332 g/mol. The van der Waals surface area contributed by atoms with Crippen LogP contribution in [0.5, 0.6) is 34.5 Å². The fourth-order valence-electron chi connectivity index (χ4n) is 2.19. The van der Waals surface area contributed by atoms with Crippen LogP contribution in [0.2, 0.25) is 0 Å². The van der Waals surface area contributed by atoms with Crippen LogP contribution in [-0.2, 0) is 0 Å². The highest BCUT2D eigenvalue weighted by Gasteiger charge is 2.11. The molecule has 0 spiro atoms. The molecule has 0 unspecified atom stereocenters. The largest absolute Gasteiger partial charge is 0.506 e. The van der Waals surface area contributed by atoms with Crippen molar-refractivity contribution in [3.63, 3.8) is 0 Å². The minimum atomic E-state index is -0.0958. The average Bonchev–Trinajstić information content (AvgIpc) is 2.62. The van der Waals surface area contributed by atoms with Crippen LogP contribution in [0.25, 0.3) is 0 Å². The van der Waals surface area contributed by atoms with E-state index in [1.165, 1.54) is 24.3 Å². The van der Waals surface area contributed by atoms with Crippen LogP contribution in [0.1, 0.15) is 5.56 Å². The Morgan fingerprint density at radius 2 is 1.27 bits per heavy atom. The van der Waals surface area contributed by atoms with Crippen molar-refractivity contribution in [1.82, 2.24) is 0 Å². The molecule has 3 rings (SSSR count). The number of anilines is 2. The third-order valence-corrected chi connectivity index (χ3v) is 3.57. The van der Waals surface area contributed by atoms with Crippen molar-refractivity contribution >= 4 is 11.4 Å². The number of hydrogen-bond acceptors (Lipinski definition) is 6. The fraction of sp³-hybridized carbons (Fsp3) is 0. The summed E-state index contributed by atoms with van der Waals surface area (Å²) in [5.41, 5.74) is 12.3. The number of hydrogen-bond donors (Lipinski definition) is 4. The fourth-order valence-corrected chi connectivity index (χ4v) is 2.19. The van der Waals surface area contributed by atoms with Gasteiger partial charge in [0.1, 0.15) is 23.0 Å². The predicted molar refractivity (Wildman–Crippen MR) is 99.6 cm³/mol. The number of nitrogen functional groups attached to an aromatic ring is 2. The molecule has 130 valence electrons. The summed E-state index contributed by atoms with van der Waals surface area (Å²) in [5.74, 6) is 3.76. The number of aromatic hydroxyl groups is 2. The van der Waals surface area contributed by atoms with Gasteiger partial charge in [-0.1, -0.05) is 5.92 Å². The molecule has 0 amide bonds. The van der Waals surface area contributed by atoms with Crippen molar-refractivity contribution in [3.05, 3.63) is 60.2 Å². The molecule has 3 aromatic rings. The number of rotatable bonds is 4. The highest BCUT2D eigenvalue weighted by atomic mass is 16.5. The molecule has 0 aliphatic rings. The van der Waals surface area contributed by atoms with Crippen molar-refractivity contribution in [2.75, 3.05) is 11.5 Å². The van der Waals surface area contributed by atoms with Crippen LogP contribution in [0.4, 0.5) is 11.4 Å². The highest BCUT2D eigenvalue weighted by molar-refractivity contribution is 5.58. The second-order valence-corrected chi connectivity index (χ2v) is 5.45. The Balaban J connectivity index is 1.95. The Hall–Kier alpha value is -3.98. The van der Waals surface area contributed by atoms with E-state index in [-0.39, 0.29) is 22.9 Å². The first-order valence-corrected chi connectivity index (χ1v) is 7.59. The predicted octanol–water partition coefficient (Wildman–Crippen LogP) is 3.83. The van der Waals surface area contributed by atoms with Gasteiger partial charge in [-0.2, -0.15) is 0 Å². The van der Waals surface area contributed by atoms with Gasteiger partial charge in [0.2, 0.25) is 0 Å². The lowest BCUT2D eigenvalue weighted by Gasteiger charge is -2.14. The molecule has 0 saturated heterocycles. The van der Waals surface area contributed by atoms with Crippen molar-refractivity contribution in [3.8, 4) is 46.8 Å². The van der Waals surface area contributed by atoms with E-state index in [2.05, 4.69) is 5.92 Å². The third kappa shape index (κ3) is 3.57. The lowest BCUT2D eigenvalue weighted by Crippen LogP contribution is -1.93. The average molecular weight is 348 g/mol. The van der Waals surface area contributed by atoms with Gasteiger partial charge in [-0.05, 0) is 36.4 Å². The second kappa shape index (κ2) is 6.87. The van der Waals surface area contributed by atoms with Crippen molar-refractivity contribution < 1.29 is 19.7 Å². The van der Waals surface area contributed by atoms with E-state index in [9.17, 15) is 10.2 Å². The summed E-state index contributed by atoms with van der Waals surface area (Å²) < 4.78 is 11.6. The Bertz CT molecular complexity index is 1010. The Morgan fingerprint density at radius 1 is 0.731 bits per heavy atom. The van der Waals surface area contributed by atoms with Gasteiger partial charge in [0, 0.05) is 23.8 Å². The number of phenols is 2. The summed E-state index contributed by atoms with van der Waals surface area (Å²) in [6, 6.07) is 14.0. The van der Waals surface area contributed by atoms with Gasteiger partial charge >= 0.3 is 0 Å². The van der Waals surface area contributed by atoms with E-state index in [4.69, 9.17) is 27.4 Å². The standard InChI is InChI=1S/C20H16N2O4/c1-2-12-3-8-19(25-13-4-6-15(21)17(23)10-13)20(9-12)26-14-5-7-16(22)18(24)11-14/h1,3-11,23-24H,21-22H2. The third-order valence-electron chi connectivity index (χ3n) is 3.57. The molecule has 0 fully saturated rings. The maximum absolute atomic E-state index is 9.73. The molecule has 6 heteroatoms. The van der Waals surface area contributed by atoms with Gasteiger partial charge in [-0.3, -0.25) is 0 Å². The van der Waals surface area contributed by atoms with E-state index in [1.54, 1.807) is 30.3 Å². The summed E-state index contributed by atoms with van der Waals surface area (Å²) >= 11 is 0. The quantitative estimate of drug-likeness (QED) is 0.324. The van der Waals surface area contributed by atoms with Gasteiger partial charge in [-0.15, -0.1) is 6.42 Å². The van der Waals surface area contributed by atoms with Crippen molar-refractivity contribution in [2.45, 2.75) is 0 Å². The highest BCUT2D eigenvalue weighted by Crippen LogP contribution is 2.38. The molecule has 6 N–H and O–H groups in total. The topological polar surface area (TPSA) is 111 Å². The SMILES string of the molecule is C#Cc1ccc(Oc2ccc(N)c(O)c2)c(Oc2ccc(N)c(O)c2)c1. The molecule has 26 heavy (non-hydrogen) atoms. The smallest absolute Gasteiger partial charge is 0.171 e. The first-order valence-electron chi connectivity index (χ1n) is 7.59. The van der Waals surface area contributed by atoms with E-state index in [0.717, 1.165) is 0 Å². The minimum absolute atomic E-state index is 0.0892. The molecule has 0 heterocycles. The van der Waals surface area contributed by atoms with E-state index in [0.29, 0.717) is 28.6 Å². The zero-order chi connectivity index (χ0) is 18.7. The number of ether oxygens (including phenoxy) is 2. The molecule has 3 aromatic carbocycles. The van der Waals surface area contributed by atoms with Crippen LogP contribution in [-0.4, -0.2) is 10.2 Å². The van der Waals surface area contributed by atoms with Crippen LogP contribution in [0, 0.1) is 12.3 Å². The molecule has 0 radical (unpaired) electrons. The molecule has 0 saturated carbocycles. The first-order chi connectivity index (χ1) is 12.5. The minimum Gasteiger partial charge on any atom is -0.506 e. The normalized spacial score (nSPS) is 10.1. The number of benzene rings is 3. The Morgan fingerprint density at radius 3 is 1.77 bits per heavy atom. The summed E-state index contributed by atoms with van der Waals surface area (Å²) in [4.78, 5) is 0. The van der Waals surface area contributed by atoms with Crippen LogP contribution in [0.3, 0.4) is 0 Å². The number of terminal acetylenes is 1. The summed E-state index contributed by atoms with van der Waals surface area (Å²) in [5, 5.41) is 19.5. The number of nitrogens with two attached hydrogens (primary N) is 2. The van der Waals surface area contributed by atoms with Gasteiger partial charge in [0.15, 0.2) is 11.5 Å². The maximum Gasteiger partial charge on any atom is 0.171 e. The van der Waals surface area contributed by atoms with Crippen molar-refractivity contribution in [1.29, 1.82) is 0 Å². The molecular formula is C20H16N2O4. The lowest BCUT2D eigenvalue weighted by molar-refractivity contribution is 0.411. The Kier molecular flexibility index (Phi) is 4.46. The van der Waals surface area contributed by atoms with E-state index >= 15 is 0 Å². The van der Waals surface area contributed by atoms with Crippen LogP contribution in [0.15, 0.2) is 54.6 Å². The molecule has 0 aliphatic heterocycles. The number of phenolic OH excluding ortho intramolecular Hbond substituents is 2. The van der Waals surface area contributed by atoms with Crippen molar-refractivity contribution in [2.24, 2.45) is 0 Å².